The molecular weight excluding hydrogens is 138 g/mol. The second-order valence-electron chi connectivity index (χ2n) is 2.18. The summed E-state index contributed by atoms with van der Waals surface area (Å²) in [6.45, 7) is 4.31. The van der Waals surface area contributed by atoms with E-state index >= 15 is 0 Å². The van der Waals surface area contributed by atoms with Crippen molar-refractivity contribution in [2.75, 3.05) is 17.6 Å². The second kappa shape index (κ2) is 3.61. The van der Waals surface area contributed by atoms with Crippen molar-refractivity contribution in [2.45, 2.75) is 0 Å². The fourth-order valence-electron chi connectivity index (χ4n) is 0.744. The second-order valence-corrected chi connectivity index (χ2v) is 2.18. The highest BCUT2D eigenvalue weighted by atomic mass is 14.9. The van der Waals surface area contributed by atoms with Crippen LogP contribution in [0.2, 0.25) is 0 Å². The van der Waals surface area contributed by atoms with Gasteiger partial charge >= 0.3 is 0 Å². The van der Waals surface area contributed by atoms with E-state index in [1.807, 2.05) is 6.07 Å². The predicted octanol–water partition coefficient (Wildman–Crippen LogP) is 1.26. The van der Waals surface area contributed by atoms with Crippen LogP contribution in [0.5, 0.6) is 0 Å². The van der Waals surface area contributed by atoms with E-state index in [0.29, 0.717) is 5.69 Å². The van der Waals surface area contributed by atoms with Crippen molar-refractivity contribution in [3.05, 3.63) is 31.1 Å². The lowest BCUT2D eigenvalue weighted by molar-refractivity contribution is 1.27. The first-order valence-electron chi connectivity index (χ1n) is 3.38. The number of hydrogen-bond acceptors (Lipinski definition) is 3. The molecule has 3 nitrogen and oxygen atoms in total. The Morgan fingerprint density at radius 2 is 2.45 bits per heavy atom. The molecule has 3 heteroatoms. The lowest BCUT2D eigenvalue weighted by Gasteiger charge is -2.01. The fourth-order valence-corrected chi connectivity index (χ4v) is 0.744. The molecule has 1 heterocycles. The Bertz CT molecular complexity index is 245. The molecule has 3 N–H and O–H groups in total. The minimum Gasteiger partial charge on any atom is -0.397 e. The number of anilines is 2. The van der Waals surface area contributed by atoms with Gasteiger partial charge in [0.05, 0.1) is 17.6 Å². The lowest BCUT2D eigenvalue weighted by Crippen LogP contribution is -1.98. The maximum Gasteiger partial charge on any atom is 0.0549 e. The third-order valence-electron chi connectivity index (χ3n) is 1.21. The average molecular weight is 149 g/mol. The van der Waals surface area contributed by atoms with E-state index in [4.69, 9.17) is 5.73 Å². The molecule has 0 fully saturated rings. The molecule has 0 aliphatic heterocycles. The maximum atomic E-state index is 5.50. The van der Waals surface area contributed by atoms with Gasteiger partial charge in [0.15, 0.2) is 0 Å². The highest BCUT2D eigenvalue weighted by Crippen LogP contribution is 2.08. The van der Waals surface area contributed by atoms with Gasteiger partial charge in [-0.25, -0.2) is 0 Å². The van der Waals surface area contributed by atoms with Crippen molar-refractivity contribution in [3.8, 4) is 0 Å². The summed E-state index contributed by atoms with van der Waals surface area (Å²) in [7, 11) is 0. The first kappa shape index (κ1) is 7.60. The molecule has 0 saturated carbocycles. The molecule has 1 aromatic rings. The molecule has 0 amide bonds. The summed E-state index contributed by atoms with van der Waals surface area (Å²) in [6.07, 6.45) is 5.11. The molecule has 0 saturated heterocycles. The Hall–Kier alpha value is -1.51. The summed E-state index contributed by atoms with van der Waals surface area (Å²) >= 11 is 0. The predicted molar refractivity (Wildman–Crippen MR) is 47.3 cm³/mol. The van der Waals surface area contributed by atoms with Crippen molar-refractivity contribution in [1.82, 2.24) is 4.98 Å². The molecule has 58 valence electrons. The van der Waals surface area contributed by atoms with Gasteiger partial charge in [-0.2, -0.15) is 0 Å². The number of rotatable bonds is 3. The van der Waals surface area contributed by atoms with Gasteiger partial charge in [0.25, 0.3) is 0 Å². The van der Waals surface area contributed by atoms with Crippen LogP contribution in [0, 0.1) is 0 Å². The van der Waals surface area contributed by atoms with Crippen molar-refractivity contribution in [2.24, 2.45) is 0 Å². The minimum absolute atomic E-state index is 0.666. The average Bonchev–Trinajstić information content (AvgIpc) is 2.01. The number of nitrogens with one attached hydrogen (secondary N) is 1. The first-order chi connectivity index (χ1) is 5.33. The Morgan fingerprint density at radius 3 is 3.09 bits per heavy atom. The quantitative estimate of drug-likeness (QED) is 0.636. The summed E-state index contributed by atoms with van der Waals surface area (Å²) in [5.74, 6) is 0. The number of nitrogen functional groups attached to an aromatic ring is 1. The normalized spacial score (nSPS) is 9.09. The lowest BCUT2D eigenvalue weighted by atomic mass is 10.4. The third kappa shape index (κ3) is 2.29. The Morgan fingerprint density at radius 1 is 1.64 bits per heavy atom. The summed E-state index contributed by atoms with van der Waals surface area (Å²) in [5.41, 5.74) is 7.09. The molecule has 0 unspecified atom stereocenters. The van der Waals surface area contributed by atoms with Crippen LogP contribution < -0.4 is 11.1 Å². The van der Waals surface area contributed by atoms with Gasteiger partial charge < -0.3 is 11.1 Å². The van der Waals surface area contributed by atoms with E-state index in [0.717, 1.165) is 12.2 Å². The Kier molecular flexibility index (Phi) is 2.49. The van der Waals surface area contributed by atoms with E-state index in [1.54, 1.807) is 18.5 Å². The molecule has 0 aliphatic carbocycles. The van der Waals surface area contributed by atoms with E-state index in [2.05, 4.69) is 16.9 Å². The van der Waals surface area contributed by atoms with E-state index in [-0.39, 0.29) is 0 Å². The van der Waals surface area contributed by atoms with Crippen LogP contribution in [-0.2, 0) is 0 Å². The van der Waals surface area contributed by atoms with Crippen molar-refractivity contribution < 1.29 is 0 Å². The van der Waals surface area contributed by atoms with Crippen LogP contribution in [0.15, 0.2) is 31.1 Å². The van der Waals surface area contributed by atoms with Crippen molar-refractivity contribution in [1.29, 1.82) is 0 Å². The van der Waals surface area contributed by atoms with Crippen LogP contribution in [-0.4, -0.2) is 11.5 Å². The van der Waals surface area contributed by atoms with Gasteiger partial charge in [0, 0.05) is 12.7 Å². The SMILES string of the molecule is C=CCNc1cncc(N)c1. The number of nitrogens with zero attached hydrogens (tertiary/aromatic N) is 1. The molecule has 0 atom stereocenters. The fraction of sp³-hybridized carbons (Fsp3) is 0.125. The van der Waals surface area contributed by atoms with E-state index in [1.165, 1.54) is 0 Å². The zero-order valence-electron chi connectivity index (χ0n) is 6.25. The van der Waals surface area contributed by atoms with E-state index < -0.39 is 0 Å². The molecule has 0 radical (unpaired) electrons. The largest absolute Gasteiger partial charge is 0.397 e. The molecule has 0 spiro atoms. The van der Waals surface area contributed by atoms with Gasteiger partial charge in [-0.3, -0.25) is 4.98 Å². The molecule has 0 bridgehead atoms. The van der Waals surface area contributed by atoms with Gasteiger partial charge in [0.1, 0.15) is 0 Å². The first-order valence-corrected chi connectivity index (χ1v) is 3.38. The van der Waals surface area contributed by atoms with Crippen LogP contribution in [0.3, 0.4) is 0 Å². The molecule has 0 aliphatic rings. The van der Waals surface area contributed by atoms with Crippen LogP contribution >= 0.6 is 0 Å². The van der Waals surface area contributed by atoms with Gasteiger partial charge in [0.2, 0.25) is 0 Å². The molecule has 1 aromatic heterocycles. The third-order valence-corrected chi connectivity index (χ3v) is 1.21. The summed E-state index contributed by atoms with van der Waals surface area (Å²) in [4.78, 5) is 3.92. The maximum absolute atomic E-state index is 5.50. The molecule has 11 heavy (non-hydrogen) atoms. The number of pyridine rings is 1. The standard InChI is InChI=1S/C8H11N3/c1-2-3-11-8-4-7(9)5-10-6-8/h2,4-6,11H,1,3,9H2. The van der Waals surface area contributed by atoms with Crippen molar-refractivity contribution >= 4 is 11.4 Å². The highest BCUT2D eigenvalue weighted by Gasteiger charge is 1.89. The summed E-state index contributed by atoms with van der Waals surface area (Å²) in [6, 6.07) is 1.83. The topological polar surface area (TPSA) is 50.9 Å². The Balaban J connectivity index is 2.63. The van der Waals surface area contributed by atoms with Crippen molar-refractivity contribution in [3.63, 3.8) is 0 Å². The summed E-state index contributed by atoms with van der Waals surface area (Å²) < 4.78 is 0. The van der Waals surface area contributed by atoms with Crippen LogP contribution in [0.4, 0.5) is 11.4 Å². The van der Waals surface area contributed by atoms with Gasteiger partial charge in [-0.05, 0) is 6.07 Å². The molecular formula is C8H11N3. The highest BCUT2D eigenvalue weighted by molar-refractivity contribution is 5.51. The number of aromatic nitrogens is 1. The van der Waals surface area contributed by atoms with Gasteiger partial charge in [-0.15, -0.1) is 6.58 Å². The number of hydrogen-bond donors (Lipinski definition) is 2. The zero-order valence-corrected chi connectivity index (χ0v) is 6.25. The molecule has 1 rings (SSSR count). The molecule has 0 aromatic carbocycles. The minimum atomic E-state index is 0.666. The zero-order chi connectivity index (χ0) is 8.10. The monoisotopic (exact) mass is 149 g/mol. The Labute approximate surface area is 65.9 Å². The smallest absolute Gasteiger partial charge is 0.0549 e. The summed E-state index contributed by atoms with van der Waals surface area (Å²) in [5, 5.41) is 3.07. The van der Waals surface area contributed by atoms with Crippen LogP contribution in [0.25, 0.3) is 0 Å². The van der Waals surface area contributed by atoms with Gasteiger partial charge in [-0.1, -0.05) is 6.08 Å². The van der Waals surface area contributed by atoms with E-state index in [9.17, 15) is 0 Å². The number of nitrogens with two attached hydrogens (primary N) is 1. The van der Waals surface area contributed by atoms with Crippen LogP contribution in [0.1, 0.15) is 0 Å².